The van der Waals surface area contributed by atoms with Crippen LogP contribution in [0, 0.1) is 12.3 Å². The molecule has 1 aliphatic rings. The lowest BCUT2D eigenvalue weighted by Gasteiger charge is -2.15. The molecule has 0 spiro atoms. The molecule has 0 bridgehead atoms. The lowest BCUT2D eigenvalue weighted by molar-refractivity contribution is -0.124. The quantitative estimate of drug-likeness (QED) is 0.660. The van der Waals surface area contributed by atoms with Gasteiger partial charge in [-0.3, -0.25) is 9.48 Å². The van der Waals surface area contributed by atoms with Gasteiger partial charge in [0.15, 0.2) is 0 Å². The van der Waals surface area contributed by atoms with Gasteiger partial charge in [-0.05, 0) is 12.0 Å². The molecule has 1 saturated heterocycles. The summed E-state index contributed by atoms with van der Waals surface area (Å²) in [6, 6.07) is 1.84. The topological polar surface area (TPSA) is 77.6 Å². The van der Waals surface area contributed by atoms with Crippen LogP contribution >= 0.6 is 0 Å². The zero-order valence-electron chi connectivity index (χ0n) is 13.7. The van der Waals surface area contributed by atoms with E-state index in [0.717, 1.165) is 11.1 Å². The van der Waals surface area contributed by atoms with Crippen molar-refractivity contribution < 1.29 is 9.53 Å². The van der Waals surface area contributed by atoms with Crippen molar-refractivity contribution >= 4 is 11.4 Å². The molecule has 3 aromatic rings. The fourth-order valence-electron chi connectivity index (χ4n) is 2.94. The Balaban J connectivity index is 1.64. The van der Waals surface area contributed by atoms with Crippen molar-refractivity contribution in [1.82, 2.24) is 29.3 Å². The van der Waals surface area contributed by atoms with E-state index in [1.165, 1.54) is 0 Å². The van der Waals surface area contributed by atoms with Crippen LogP contribution in [-0.4, -0.2) is 54.4 Å². The monoisotopic (exact) mass is 336 g/mol. The Morgan fingerprint density at radius 2 is 2.28 bits per heavy atom. The zero-order chi connectivity index (χ0) is 17.4. The van der Waals surface area contributed by atoms with E-state index >= 15 is 0 Å². The first-order valence-electron chi connectivity index (χ1n) is 7.89. The highest BCUT2D eigenvalue weighted by atomic mass is 16.5. The van der Waals surface area contributed by atoms with Gasteiger partial charge in [-0.15, -0.1) is 6.42 Å². The van der Waals surface area contributed by atoms with E-state index in [4.69, 9.17) is 11.2 Å². The predicted octanol–water partition coefficient (Wildman–Crippen LogP) is 0.743. The van der Waals surface area contributed by atoms with Crippen molar-refractivity contribution in [2.75, 3.05) is 13.1 Å². The normalized spacial score (nSPS) is 17.0. The van der Waals surface area contributed by atoms with Crippen molar-refractivity contribution in [2.24, 2.45) is 7.05 Å². The number of rotatable bonds is 3. The highest BCUT2D eigenvalue weighted by molar-refractivity contribution is 5.93. The highest BCUT2D eigenvalue weighted by Gasteiger charge is 2.28. The number of carbonyl (C=O) groups is 1. The van der Waals surface area contributed by atoms with E-state index in [0.29, 0.717) is 31.1 Å². The molecule has 3 aromatic heterocycles. The molecule has 0 aliphatic carbocycles. The number of hydrogen-bond acceptors (Lipinski definition) is 5. The molecular weight excluding hydrogens is 320 g/mol. The van der Waals surface area contributed by atoms with Gasteiger partial charge in [-0.2, -0.15) is 10.2 Å². The third kappa shape index (κ3) is 2.80. The SMILES string of the molecule is C#CC(=O)N1CC[C@@H](Oc2nc(-c3cnn(C)c3)cn3nccc23)C1. The van der Waals surface area contributed by atoms with Crippen LogP contribution in [0.2, 0.25) is 0 Å². The van der Waals surface area contributed by atoms with Crippen LogP contribution in [0.15, 0.2) is 30.9 Å². The first-order valence-corrected chi connectivity index (χ1v) is 7.89. The van der Waals surface area contributed by atoms with Gasteiger partial charge >= 0.3 is 0 Å². The van der Waals surface area contributed by atoms with E-state index in [1.54, 1.807) is 26.5 Å². The van der Waals surface area contributed by atoms with Gasteiger partial charge in [0, 0.05) is 31.8 Å². The summed E-state index contributed by atoms with van der Waals surface area (Å²) >= 11 is 0. The molecule has 1 aliphatic heterocycles. The number of fused-ring (bicyclic) bond motifs is 1. The Bertz CT molecular complexity index is 983. The minimum atomic E-state index is -0.308. The number of likely N-dealkylation sites (tertiary alicyclic amines) is 1. The van der Waals surface area contributed by atoms with E-state index < -0.39 is 0 Å². The Kier molecular flexibility index (Phi) is 3.61. The number of aromatic nitrogens is 5. The van der Waals surface area contributed by atoms with Crippen molar-refractivity contribution in [1.29, 1.82) is 0 Å². The minimum Gasteiger partial charge on any atom is -0.471 e. The van der Waals surface area contributed by atoms with E-state index in [-0.39, 0.29) is 12.0 Å². The zero-order valence-corrected chi connectivity index (χ0v) is 13.7. The Morgan fingerprint density at radius 1 is 1.40 bits per heavy atom. The molecule has 126 valence electrons. The van der Waals surface area contributed by atoms with Crippen LogP contribution in [0.3, 0.4) is 0 Å². The fourth-order valence-corrected chi connectivity index (χ4v) is 2.94. The van der Waals surface area contributed by atoms with E-state index in [2.05, 4.69) is 21.1 Å². The molecule has 1 fully saturated rings. The van der Waals surface area contributed by atoms with Crippen molar-refractivity contribution in [3.63, 3.8) is 0 Å². The number of terminal acetylenes is 1. The Labute approximate surface area is 144 Å². The highest BCUT2D eigenvalue weighted by Crippen LogP contribution is 2.26. The van der Waals surface area contributed by atoms with Gasteiger partial charge in [0.05, 0.1) is 30.8 Å². The first kappa shape index (κ1) is 15.2. The van der Waals surface area contributed by atoms with Crippen LogP contribution < -0.4 is 4.74 Å². The van der Waals surface area contributed by atoms with Crippen molar-refractivity contribution in [3.8, 4) is 29.5 Å². The van der Waals surface area contributed by atoms with Crippen LogP contribution in [-0.2, 0) is 11.8 Å². The van der Waals surface area contributed by atoms with Gasteiger partial charge in [-0.25, -0.2) is 9.50 Å². The lowest BCUT2D eigenvalue weighted by Crippen LogP contribution is -2.29. The smallest absolute Gasteiger partial charge is 0.298 e. The fraction of sp³-hybridized carbons (Fsp3) is 0.294. The molecule has 8 nitrogen and oxygen atoms in total. The van der Waals surface area contributed by atoms with Crippen LogP contribution in [0.1, 0.15) is 6.42 Å². The second-order valence-electron chi connectivity index (χ2n) is 5.92. The molecule has 0 radical (unpaired) electrons. The molecule has 0 saturated carbocycles. The lowest BCUT2D eigenvalue weighted by atomic mass is 10.2. The molecule has 25 heavy (non-hydrogen) atoms. The molecular formula is C17H16N6O2. The van der Waals surface area contributed by atoms with Crippen LogP contribution in [0.4, 0.5) is 0 Å². The number of hydrogen-bond donors (Lipinski definition) is 0. The van der Waals surface area contributed by atoms with Gasteiger partial charge in [0.25, 0.3) is 5.91 Å². The number of nitrogens with zero attached hydrogens (tertiary/aromatic N) is 6. The third-order valence-electron chi connectivity index (χ3n) is 4.19. The summed E-state index contributed by atoms with van der Waals surface area (Å²) in [5.74, 6) is 2.32. The molecule has 1 atom stereocenters. The third-order valence-corrected chi connectivity index (χ3v) is 4.19. The molecule has 0 aromatic carbocycles. The summed E-state index contributed by atoms with van der Waals surface area (Å²) in [4.78, 5) is 17.9. The second kappa shape index (κ2) is 5.94. The average Bonchev–Trinajstić information content (AvgIpc) is 3.34. The Hall–Kier alpha value is -3.34. The van der Waals surface area contributed by atoms with Gasteiger partial charge < -0.3 is 9.64 Å². The number of aryl methyl sites for hydroxylation is 1. The van der Waals surface area contributed by atoms with Gasteiger partial charge in [-0.1, -0.05) is 0 Å². The first-order chi connectivity index (χ1) is 12.1. The second-order valence-corrected chi connectivity index (χ2v) is 5.92. The largest absolute Gasteiger partial charge is 0.471 e. The Morgan fingerprint density at radius 3 is 3.04 bits per heavy atom. The summed E-state index contributed by atoms with van der Waals surface area (Å²) in [5.41, 5.74) is 2.36. The standard InChI is InChI=1S/C17H16N6O2/c1-3-16(24)22-7-5-13(10-22)25-17-15-4-6-18-23(15)11-14(20-17)12-8-19-21(2)9-12/h1,4,6,8-9,11,13H,5,7,10H2,2H3/t13-/m1/s1. The van der Waals surface area contributed by atoms with Crippen molar-refractivity contribution in [2.45, 2.75) is 12.5 Å². The average molecular weight is 336 g/mol. The summed E-state index contributed by atoms with van der Waals surface area (Å²) in [6.45, 7) is 1.05. The number of carbonyl (C=O) groups excluding carboxylic acids is 1. The van der Waals surface area contributed by atoms with Gasteiger partial charge in [0.1, 0.15) is 11.6 Å². The maximum atomic E-state index is 11.6. The number of amides is 1. The summed E-state index contributed by atoms with van der Waals surface area (Å²) in [6.07, 6.45) is 12.9. The summed E-state index contributed by atoms with van der Waals surface area (Å²) in [7, 11) is 1.85. The maximum Gasteiger partial charge on any atom is 0.298 e. The van der Waals surface area contributed by atoms with E-state index in [1.807, 2.05) is 25.5 Å². The molecule has 4 heterocycles. The molecule has 4 rings (SSSR count). The summed E-state index contributed by atoms with van der Waals surface area (Å²) < 4.78 is 9.52. The number of ether oxygens (including phenoxy) is 1. The van der Waals surface area contributed by atoms with Crippen molar-refractivity contribution in [3.05, 3.63) is 30.9 Å². The summed E-state index contributed by atoms with van der Waals surface area (Å²) in [5, 5.41) is 8.46. The minimum absolute atomic E-state index is 0.146. The molecule has 1 amide bonds. The predicted molar refractivity (Wildman–Crippen MR) is 89.6 cm³/mol. The molecule has 0 N–H and O–H groups in total. The van der Waals surface area contributed by atoms with Crippen LogP contribution in [0.25, 0.3) is 16.8 Å². The molecule has 8 heteroatoms. The van der Waals surface area contributed by atoms with Crippen LogP contribution in [0.5, 0.6) is 5.88 Å². The van der Waals surface area contributed by atoms with E-state index in [9.17, 15) is 4.79 Å². The molecule has 0 unspecified atom stereocenters. The maximum absolute atomic E-state index is 11.6. The van der Waals surface area contributed by atoms with Gasteiger partial charge in [0.2, 0.25) is 5.88 Å².